The van der Waals surface area contributed by atoms with Crippen molar-refractivity contribution in [3.05, 3.63) is 324 Å². The van der Waals surface area contributed by atoms with Crippen LogP contribution in [-0.4, -0.2) is 17.6 Å². The number of hydrogen-bond donors (Lipinski definition) is 0. The first-order valence-corrected chi connectivity index (χ1v) is 28.1. The van der Waals surface area contributed by atoms with Gasteiger partial charge in [0.15, 0.2) is 8.07 Å². The Labute approximate surface area is 451 Å². The van der Waals surface area contributed by atoms with Gasteiger partial charge < -0.3 is 4.57 Å². The smallest absolute Gasteiger partial charge is 0.179 e. The Balaban J connectivity index is 0.967. The van der Waals surface area contributed by atoms with E-state index in [1.165, 1.54) is 38.6 Å². The Morgan fingerprint density at radius 1 is 0.355 bits per heavy atom. The first-order valence-electron chi connectivity index (χ1n) is 28.6. The highest BCUT2D eigenvalue weighted by Crippen LogP contribution is 2.58. The van der Waals surface area contributed by atoms with Gasteiger partial charge in [0.2, 0.25) is 0 Å². The molecule has 2 aromatic heterocycles. The van der Waals surface area contributed by atoms with Gasteiger partial charge in [-0.1, -0.05) is 255 Å². The molecule has 0 fully saturated rings. The average molecular weight is 988 g/mol. The summed E-state index contributed by atoms with van der Waals surface area (Å²) in [5.41, 5.74) is 18.6. The minimum atomic E-state index is -3.83. The van der Waals surface area contributed by atoms with Crippen molar-refractivity contribution >= 4 is 50.6 Å². The van der Waals surface area contributed by atoms with E-state index in [1.807, 2.05) is 42.5 Å². The zero-order valence-electron chi connectivity index (χ0n) is 46.4. The number of aromatic nitrogens is 2. The Morgan fingerprint density at radius 2 is 0.868 bits per heavy atom. The molecule has 3 heteroatoms. The molecule has 2 atom stereocenters. The van der Waals surface area contributed by atoms with Crippen molar-refractivity contribution in [1.29, 1.82) is 0 Å². The predicted molar refractivity (Wildman–Crippen MR) is 319 cm³/mol. The molecule has 2 nitrogen and oxygen atoms in total. The summed E-state index contributed by atoms with van der Waals surface area (Å²) in [7, 11) is -3.83. The zero-order chi connectivity index (χ0) is 54.5. The van der Waals surface area contributed by atoms with Gasteiger partial charge in [0, 0.05) is 39.4 Å². The molecular weight excluding hydrogens is 933 g/mol. The largest absolute Gasteiger partial charge is 0.309 e. The van der Waals surface area contributed by atoms with Crippen LogP contribution in [0.5, 0.6) is 0 Å². The summed E-state index contributed by atoms with van der Waals surface area (Å²) in [6.45, 7) is 0. The summed E-state index contributed by atoms with van der Waals surface area (Å²) >= 11 is 0. The second-order valence-electron chi connectivity index (χ2n) is 20.1. The monoisotopic (exact) mass is 987 g/mol. The van der Waals surface area contributed by atoms with Gasteiger partial charge in [-0.2, -0.15) is 0 Å². The maximum absolute atomic E-state index is 9.87. The van der Waals surface area contributed by atoms with Gasteiger partial charge in [-0.25, -0.2) is 4.98 Å². The molecule has 16 rings (SSSR count). The Kier molecular flexibility index (Phi) is 9.22. The first-order chi connectivity index (χ1) is 39.8. The summed E-state index contributed by atoms with van der Waals surface area (Å²) < 4.78 is 49.3. The first kappa shape index (κ1) is 39.1. The molecule has 2 bridgehead atoms. The van der Waals surface area contributed by atoms with E-state index in [4.69, 9.17) is 6.35 Å². The van der Waals surface area contributed by atoms with E-state index in [1.54, 1.807) is 0 Å². The number of fused-ring (bicyclic) bond motifs is 3. The van der Waals surface area contributed by atoms with Gasteiger partial charge in [-0.3, -0.25) is 0 Å². The highest BCUT2D eigenvalue weighted by Gasteiger charge is 2.49. The zero-order valence-corrected chi connectivity index (χ0v) is 42.4. The summed E-state index contributed by atoms with van der Waals surface area (Å²) in [5, 5.41) is 5.69. The lowest BCUT2D eigenvalue weighted by Gasteiger charge is -2.47. The number of nitrogens with zero attached hydrogens (tertiary/aromatic N) is 2. The highest BCUT2D eigenvalue weighted by atomic mass is 28.3. The molecule has 0 spiro atoms. The van der Waals surface area contributed by atoms with Crippen molar-refractivity contribution in [3.8, 4) is 50.5 Å². The summed E-state index contributed by atoms with van der Waals surface area (Å²) in [6.07, 6.45) is 0. The molecule has 11 aromatic carbocycles. The van der Waals surface area contributed by atoms with Crippen molar-refractivity contribution < 1.29 is 6.85 Å². The lowest BCUT2D eigenvalue weighted by Crippen LogP contribution is -2.75. The summed E-state index contributed by atoms with van der Waals surface area (Å²) in [5.74, 6) is -0.432. The van der Waals surface area contributed by atoms with Crippen molar-refractivity contribution in [1.82, 2.24) is 9.55 Å². The fourth-order valence-corrected chi connectivity index (χ4v) is 17.9. The Hall–Kier alpha value is -9.41. The highest BCUT2D eigenvalue weighted by molar-refractivity contribution is 7.20. The fraction of sp³-hybridized carbons (Fsp3) is 0.0274. The SMILES string of the molecule is [2H]c1c([2H])c([2H])c([Si](c2ccccc2)(c2ccccc2)c2cccc3c2C2c4ccccc4C3c3cccc(-c4ccccc4-c4cc(-c5cccc(-n6c7ccccc7c7ccccc76)c5)cc(-c5ccccc5)n4)c32)c([2H])c1[2H]. The van der Waals surface area contributed by atoms with E-state index in [9.17, 15) is 5.48 Å². The van der Waals surface area contributed by atoms with Gasteiger partial charge in [0.25, 0.3) is 0 Å². The quantitative estimate of drug-likeness (QED) is 0.104. The maximum Gasteiger partial charge on any atom is 0.179 e. The molecule has 13 aromatic rings. The number of benzene rings is 11. The van der Waals surface area contributed by atoms with Gasteiger partial charge in [-0.05, 0) is 113 Å². The van der Waals surface area contributed by atoms with Crippen LogP contribution in [0.15, 0.2) is 291 Å². The molecule has 0 saturated heterocycles. The molecule has 0 saturated carbocycles. The fourth-order valence-electron chi connectivity index (χ4n) is 13.1. The summed E-state index contributed by atoms with van der Waals surface area (Å²) in [6, 6.07) is 91.0. The van der Waals surface area contributed by atoms with Gasteiger partial charge >= 0.3 is 0 Å². The predicted octanol–water partition coefficient (Wildman–Crippen LogP) is 15.2. The van der Waals surface area contributed by atoms with Crippen molar-refractivity contribution in [2.24, 2.45) is 0 Å². The number of pyridine rings is 1. The van der Waals surface area contributed by atoms with Crippen LogP contribution in [0, 0.1) is 0 Å². The third kappa shape index (κ3) is 6.76. The molecule has 3 aliphatic carbocycles. The molecular formula is C73H50N2Si. The molecule has 3 aliphatic rings. The topological polar surface area (TPSA) is 17.8 Å². The second-order valence-corrected chi connectivity index (χ2v) is 23.7. The van der Waals surface area contributed by atoms with Crippen LogP contribution in [0.4, 0.5) is 0 Å². The third-order valence-corrected chi connectivity index (χ3v) is 20.8. The molecule has 0 amide bonds. The van der Waals surface area contributed by atoms with Crippen LogP contribution in [-0.2, 0) is 0 Å². The lowest BCUT2D eigenvalue weighted by molar-refractivity contribution is 0.760. The molecule has 2 heterocycles. The third-order valence-electron chi connectivity index (χ3n) is 16.2. The van der Waals surface area contributed by atoms with E-state index in [-0.39, 0.29) is 36.0 Å². The number of hydrogen-bond acceptors (Lipinski definition) is 1. The molecule has 356 valence electrons. The van der Waals surface area contributed by atoms with Gasteiger partial charge in [0.1, 0.15) is 0 Å². The minimum Gasteiger partial charge on any atom is -0.309 e. The lowest BCUT2D eigenvalue weighted by atomic mass is 9.60. The van der Waals surface area contributed by atoms with E-state index < -0.39 is 14.1 Å². The number of para-hydroxylation sites is 2. The second kappa shape index (κ2) is 17.9. The van der Waals surface area contributed by atoms with Crippen LogP contribution in [0.25, 0.3) is 72.3 Å². The van der Waals surface area contributed by atoms with Crippen molar-refractivity contribution in [2.75, 3.05) is 0 Å². The standard InChI is InChI=1S/C73H50N2Si/c1-5-24-49(25-6-1)65-47-51(50-26-21-27-52(46-50)75-67-43-19-17-36-58(67)59-37-18-20-44-68(59)75)48-66(74-65)57-35-14-13-34-56(57)60-40-22-41-63-70-61-38-15-16-39-62(61)73(71(60)63)72-64(70)42-23-45-69(72)76(53-28-7-2-8-29-53,54-30-9-3-10-31-54)55-32-11-4-12-33-55/h1-48,70,73H/i2D,7D,8D,28D,29D. The van der Waals surface area contributed by atoms with Crippen molar-refractivity contribution in [2.45, 2.75) is 11.8 Å². The molecule has 76 heavy (non-hydrogen) atoms. The van der Waals surface area contributed by atoms with Gasteiger partial charge in [-0.15, -0.1) is 0 Å². The maximum atomic E-state index is 9.87. The molecule has 2 unspecified atom stereocenters. The van der Waals surface area contributed by atoms with E-state index in [0.717, 1.165) is 82.6 Å². The van der Waals surface area contributed by atoms with E-state index >= 15 is 0 Å². The Morgan fingerprint density at radius 3 is 1.57 bits per heavy atom. The number of rotatable bonds is 9. The van der Waals surface area contributed by atoms with Crippen LogP contribution >= 0.6 is 0 Å². The molecule has 0 aliphatic heterocycles. The molecule has 0 N–H and O–H groups in total. The van der Waals surface area contributed by atoms with Crippen molar-refractivity contribution in [3.63, 3.8) is 0 Å². The molecule has 0 radical (unpaired) electrons. The normalized spacial score (nSPS) is 15.2. The average Bonchev–Trinajstić information content (AvgIpc) is 3.98. The minimum absolute atomic E-state index is 0.144. The van der Waals surface area contributed by atoms with Crippen LogP contribution < -0.4 is 20.7 Å². The van der Waals surface area contributed by atoms with E-state index in [2.05, 4.69) is 223 Å². The van der Waals surface area contributed by atoms with Gasteiger partial charge in [0.05, 0.1) is 29.3 Å². The van der Waals surface area contributed by atoms with Crippen LogP contribution in [0.3, 0.4) is 0 Å². The van der Waals surface area contributed by atoms with Crippen LogP contribution in [0.2, 0.25) is 0 Å². The Bertz CT molecular complexity index is 4550. The summed E-state index contributed by atoms with van der Waals surface area (Å²) in [4.78, 5) is 5.58. The van der Waals surface area contributed by atoms with Crippen LogP contribution in [0.1, 0.15) is 52.1 Å². The van der Waals surface area contributed by atoms with E-state index in [0.29, 0.717) is 5.19 Å².